The molecule has 186 valence electrons. The zero-order chi connectivity index (χ0) is 26.2. The first-order valence-corrected chi connectivity index (χ1v) is 11.8. The lowest BCUT2D eigenvalue weighted by molar-refractivity contribution is -0.132. The van der Waals surface area contributed by atoms with Crippen molar-refractivity contribution < 1.29 is 24.2 Å². The molecular formula is C30H31NO5. The zero-order valence-corrected chi connectivity index (χ0v) is 21.5. The number of nitrogens with zero attached hydrogens (tertiary/aromatic N) is 1. The molecule has 0 saturated carbocycles. The summed E-state index contributed by atoms with van der Waals surface area (Å²) in [6.07, 6.45) is 0. The second kappa shape index (κ2) is 9.53. The number of aliphatic hydroxyl groups excluding tert-OH is 1. The zero-order valence-electron chi connectivity index (χ0n) is 21.5. The minimum atomic E-state index is -0.871. The second-order valence-corrected chi connectivity index (χ2v) is 9.91. The van der Waals surface area contributed by atoms with Crippen molar-refractivity contribution in [2.24, 2.45) is 0 Å². The quantitative estimate of drug-likeness (QED) is 0.275. The van der Waals surface area contributed by atoms with Gasteiger partial charge in [-0.3, -0.25) is 14.5 Å². The van der Waals surface area contributed by atoms with E-state index < -0.39 is 17.7 Å². The first kappa shape index (κ1) is 25.0. The van der Waals surface area contributed by atoms with Gasteiger partial charge in [0.05, 0.1) is 25.8 Å². The fourth-order valence-electron chi connectivity index (χ4n) is 4.59. The standard InChI is InChI=1S/C30H31NO5/c1-18-11-14-20(15-12-18)31-26(21-9-7-8-10-23(21)35-5)25(28(33)29(31)34)27(32)19-13-16-24(36-6)22(17-19)30(2,3)4/h7-17,26,32H,1-6H3/b27-25+. The van der Waals surface area contributed by atoms with Crippen molar-refractivity contribution in [1.82, 2.24) is 0 Å². The minimum Gasteiger partial charge on any atom is -0.507 e. The average molecular weight is 486 g/mol. The van der Waals surface area contributed by atoms with Crippen LogP contribution in [0.3, 0.4) is 0 Å². The number of anilines is 1. The van der Waals surface area contributed by atoms with Gasteiger partial charge in [-0.05, 0) is 48.7 Å². The Morgan fingerprint density at radius 2 is 1.53 bits per heavy atom. The smallest absolute Gasteiger partial charge is 0.300 e. The minimum absolute atomic E-state index is 0.00935. The maximum absolute atomic E-state index is 13.5. The highest BCUT2D eigenvalue weighted by Crippen LogP contribution is 2.45. The number of aryl methyl sites for hydroxylation is 1. The van der Waals surface area contributed by atoms with Crippen molar-refractivity contribution in [3.05, 3.63) is 94.6 Å². The van der Waals surface area contributed by atoms with Crippen LogP contribution in [0.15, 0.2) is 72.3 Å². The molecule has 1 N–H and O–H groups in total. The molecule has 0 spiro atoms. The maximum Gasteiger partial charge on any atom is 0.300 e. The Balaban J connectivity index is 1.99. The Hall–Kier alpha value is -4.06. The second-order valence-electron chi connectivity index (χ2n) is 9.91. The predicted molar refractivity (Wildman–Crippen MR) is 141 cm³/mol. The van der Waals surface area contributed by atoms with Gasteiger partial charge in [0.1, 0.15) is 17.3 Å². The number of carbonyl (C=O) groups is 2. The highest BCUT2D eigenvalue weighted by Gasteiger charge is 2.48. The molecule has 1 aliphatic rings. The highest BCUT2D eigenvalue weighted by atomic mass is 16.5. The van der Waals surface area contributed by atoms with Gasteiger partial charge in [-0.2, -0.15) is 0 Å². The van der Waals surface area contributed by atoms with Crippen LogP contribution in [-0.4, -0.2) is 31.0 Å². The average Bonchev–Trinajstić information content (AvgIpc) is 3.13. The molecule has 1 unspecified atom stereocenters. The third-order valence-electron chi connectivity index (χ3n) is 6.47. The van der Waals surface area contributed by atoms with Crippen molar-refractivity contribution in [3.63, 3.8) is 0 Å². The number of carbonyl (C=O) groups excluding carboxylic acids is 2. The van der Waals surface area contributed by atoms with E-state index in [1.54, 1.807) is 43.5 Å². The molecule has 4 rings (SSSR count). The number of aliphatic hydroxyl groups is 1. The molecule has 36 heavy (non-hydrogen) atoms. The van der Waals surface area contributed by atoms with Crippen molar-refractivity contribution in [2.45, 2.75) is 39.2 Å². The molecule has 3 aromatic carbocycles. The summed E-state index contributed by atoms with van der Waals surface area (Å²) in [7, 11) is 3.13. The van der Waals surface area contributed by atoms with E-state index in [1.165, 1.54) is 12.0 Å². The van der Waals surface area contributed by atoms with Crippen molar-refractivity contribution in [1.29, 1.82) is 0 Å². The lowest BCUT2D eigenvalue weighted by Gasteiger charge is -2.27. The normalized spacial score (nSPS) is 17.4. The van der Waals surface area contributed by atoms with E-state index in [9.17, 15) is 14.7 Å². The van der Waals surface area contributed by atoms with Gasteiger partial charge in [-0.25, -0.2) is 0 Å². The fraction of sp³-hybridized carbons (Fsp3) is 0.267. The van der Waals surface area contributed by atoms with Gasteiger partial charge in [0.2, 0.25) is 0 Å². The summed E-state index contributed by atoms with van der Waals surface area (Å²) >= 11 is 0. The molecule has 1 fully saturated rings. The van der Waals surface area contributed by atoms with E-state index in [0.717, 1.165) is 11.1 Å². The number of benzene rings is 3. The van der Waals surface area contributed by atoms with Gasteiger partial charge in [-0.15, -0.1) is 0 Å². The number of methoxy groups -OCH3 is 2. The monoisotopic (exact) mass is 485 g/mol. The SMILES string of the molecule is COc1ccccc1C1/C(=C(\O)c2ccc(OC)c(C(C)(C)C)c2)C(=O)C(=O)N1c1ccc(C)cc1. The van der Waals surface area contributed by atoms with E-state index in [1.807, 2.05) is 58.0 Å². The van der Waals surface area contributed by atoms with E-state index >= 15 is 0 Å². The fourth-order valence-corrected chi connectivity index (χ4v) is 4.59. The molecule has 1 aliphatic heterocycles. The topological polar surface area (TPSA) is 76.1 Å². The summed E-state index contributed by atoms with van der Waals surface area (Å²) in [5.74, 6) is -0.511. The van der Waals surface area contributed by atoms with Gasteiger partial charge in [0.25, 0.3) is 11.7 Å². The number of para-hydroxylation sites is 1. The van der Waals surface area contributed by atoms with Gasteiger partial charge in [0.15, 0.2) is 0 Å². The molecule has 0 bridgehead atoms. The summed E-state index contributed by atoms with van der Waals surface area (Å²) < 4.78 is 11.1. The largest absolute Gasteiger partial charge is 0.507 e. The van der Waals surface area contributed by atoms with E-state index in [4.69, 9.17) is 9.47 Å². The summed E-state index contributed by atoms with van der Waals surface area (Å²) in [5, 5.41) is 11.6. The lowest BCUT2D eigenvalue weighted by atomic mass is 9.84. The van der Waals surface area contributed by atoms with Crippen LogP contribution in [0.4, 0.5) is 5.69 Å². The highest BCUT2D eigenvalue weighted by molar-refractivity contribution is 6.51. The molecule has 1 saturated heterocycles. The number of ketones is 1. The Bertz CT molecular complexity index is 1350. The summed E-state index contributed by atoms with van der Waals surface area (Å²) in [6.45, 7) is 8.07. The first-order chi connectivity index (χ1) is 17.1. The predicted octanol–water partition coefficient (Wildman–Crippen LogP) is 5.94. The third-order valence-corrected chi connectivity index (χ3v) is 6.47. The van der Waals surface area contributed by atoms with Crippen LogP contribution in [0, 0.1) is 6.92 Å². The van der Waals surface area contributed by atoms with Crippen LogP contribution in [0.2, 0.25) is 0 Å². The van der Waals surface area contributed by atoms with Crippen LogP contribution in [-0.2, 0) is 15.0 Å². The Morgan fingerprint density at radius 1 is 0.889 bits per heavy atom. The van der Waals surface area contributed by atoms with Crippen LogP contribution < -0.4 is 14.4 Å². The number of rotatable bonds is 5. The van der Waals surface area contributed by atoms with Crippen molar-refractivity contribution in [3.8, 4) is 11.5 Å². The molecule has 0 radical (unpaired) electrons. The van der Waals surface area contributed by atoms with Crippen LogP contribution >= 0.6 is 0 Å². The van der Waals surface area contributed by atoms with Crippen LogP contribution in [0.25, 0.3) is 5.76 Å². The maximum atomic E-state index is 13.5. The third kappa shape index (κ3) is 4.35. The molecule has 0 aromatic heterocycles. The number of hydrogen-bond acceptors (Lipinski definition) is 5. The molecule has 1 amide bonds. The number of ether oxygens (including phenoxy) is 2. The molecule has 6 heteroatoms. The number of hydrogen-bond donors (Lipinski definition) is 1. The summed E-state index contributed by atoms with van der Waals surface area (Å²) in [6, 6.07) is 19.0. The number of amides is 1. The van der Waals surface area contributed by atoms with E-state index in [-0.39, 0.29) is 16.7 Å². The van der Waals surface area contributed by atoms with Gasteiger partial charge < -0.3 is 14.6 Å². The molecule has 1 atom stereocenters. The molecule has 3 aromatic rings. The van der Waals surface area contributed by atoms with Gasteiger partial charge >= 0.3 is 0 Å². The van der Waals surface area contributed by atoms with Crippen molar-refractivity contribution >= 4 is 23.1 Å². The Labute approximate surface area is 211 Å². The summed E-state index contributed by atoms with van der Waals surface area (Å²) in [4.78, 5) is 28.3. The summed E-state index contributed by atoms with van der Waals surface area (Å²) in [5.41, 5.74) is 3.22. The number of Topliss-reactive ketones (excluding diaryl/α,β-unsaturated/α-hetero) is 1. The van der Waals surface area contributed by atoms with Gasteiger partial charge in [0, 0.05) is 22.4 Å². The molecular weight excluding hydrogens is 454 g/mol. The van der Waals surface area contributed by atoms with Crippen molar-refractivity contribution in [2.75, 3.05) is 19.1 Å². The van der Waals surface area contributed by atoms with Crippen LogP contribution in [0.1, 0.15) is 49.1 Å². The Kier molecular flexibility index (Phi) is 6.63. The molecule has 6 nitrogen and oxygen atoms in total. The van der Waals surface area contributed by atoms with E-state index in [0.29, 0.717) is 28.3 Å². The first-order valence-electron chi connectivity index (χ1n) is 11.8. The lowest BCUT2D eigenvalue weighted by Crippen LogP contribution is -2.29. The Morgan fingerprint density at radius 3 is 2.14 bits per heavy atom. The van der Waals surface area contributed by atoms with Gasteiger partial charge in [-0.1, -0.05) is 56.7 Å². The van der Waals surface area contributed by atoms with Crippen LogP contribution in [0.5, 0.6) is 11.5 Å². The molecule has 0 aliphatic carbocycles. The molecule has 1 heterocycles. The van der Waals surface area contributed by atoms with E-state index in [2.05, 4.69) is 0 Å².